The third-order valence-corrected chi connectivity index (χ3v) is 6.35. The van der Waals surface area contributed by atoms with Gasteiger partial charge in [0.1, 0.15) is 12.4 Å². The average Bonchev–Trinajstić information content (AvgIpc) is 3.31. The van der Waals surface area contributed by atoms with E-state index >= 15 is 0 Å². The number of ether oxygens (including phenoxy) is 2. The smallest absolute Gasteiger partial charge is 0.139 e. The molecule has 2 aromatic rings. The number of nitrogens with one attached hydrogen (secondary N) is 1. The second kappa shape index (κ2) is 12.3. The van der Waals surface area contributed by atoms with Crippen LogP contribution in [0.5, 0.6) is 5.75 Å². The lowest BCUT2D eigenvalue weighted by Crippen LogP contribution is -2.34. The van der Waals surface area contributed by atoms with E-state index in [1.165, 1.54) is 42.5 Å². The van der Waals surface area contributed by atoms with Crippen molar-refractivity contribution in [2.75, 3.05) is 37.7 Å². The zero-order chi connectivity index (χ0) is 20.6. The van der Waals surface area contributed by atoms with Crippen molar-refractivity contribution in [3.05, 3.63) is 53.9 Å². The van der Waals surface area contributed by atoms with Gasteiger partial charge in [-0.3, -0.25) is 4.98 Å². The fourth-order valence-electron chi connectivity index (χ4n) is 4.36. The third kappa shape index (κ3) is 7.37. The second-order valence-corrected chi connectivity index (χ2v) is 8.74. The quantitative estimate of drug-likeness (QED) is 0.563. The maximum Gasteiger partial charge on any atom is 0.139 e. The van der Waals surface area contributed by atoms with Crippen LogP contribution >= 0.6 is 12.4 Å². The highest BCUT2D eigenvalue weighted by molar-refractivity contribution is 5.85. The molecule has 2 fully saturated rings. The number of hydrogen-bond acceptors (Lipinski definition) is 5. The van der Waals surface area contributed by atoms with Crippen molar-refractivity contribution in [1.29, 1.82) is 0 Å². The molecule has 2 aliphatic rings. The van der Waals surface area contributed by atoms with Crippen molar-refractivity contribution >= 4 is 18.1 Å². The Morgan fingerprint density at radius 3 is 2.65 bits per heavy atom. The molecule has 0 saturated carbocycles. The molecule has 0 bridgehead atoms. The largest absolute Gasteiger partial charge is 0.490 e. The SMILES string of the molecule is Cc1ccc(COCCC2CCN(c3cncc(OC[C@@H]4CCCN4)c3)CC2)cc1.Cl. The standard InChI is InChI=1S/C25H35N3O2.ClH/c1-20-4-6-22(7-5-20)18-29-14-10-21-8-12-28(13-9-21)24-15-25(17-26-16-24)30-19-23-3-2-11-27-23;/h4-7,15-17,21,23,27H,2-3,8-14,18-19H2,1H3;1H/t23-;/m0./s1. The van der Waals surface area contributed by atoms with Crippen molar-refractivity contribution in [1.82, 2.24) is 10.3 Å². The first-order valence-electron chi connectivity index (χ1n) is 11.5. The van der Waals surface area contributed by atoms with Crippen molar-refractivity contribution in [2.45, 2.75) is 51.7 Å². The highest BCUT2D eigenvalue weighted by Gasteiger charge is 2.20. The summed E-state index contributed by atoms with van der Waals surface area (Å²) in [6.45, 7) is 7.68. The van der Waals surface area contributed by atoms with Crippen molar-refractivity contribution in [3.8, 4) is 5.75 Å². The van der Waals surface area contributed by atoms with Crippen LogP contribution in [0.2, 0.25) is 0 Å². The van der Waals surface area contributed by atoms with Crippen LogP contribution in [0.3, 0.4) is 0 Å². The highest BCUT2D eigenvalue weighted by atomic mass is 35.5. The first kappa shape index (κ1) is 23.8. The number of halogens is 1. The molecule has 1 atom stereocenters. The van der Waals surface area contributed by atoms with Crippen LogP contribution in [0.1, 0.15) is 43.2 Å². The number of nitrogens with zero attached hydrogens (tertiary/aromatic N) is 2. The summed E-state index contributed by atoms with van der Waals surface area (Å²) in [7, 11) is 0. The Kier molecular flexibility index (Phi) is 9.44. The van der Waals surface area contributed by atoms with Crippen LogP contribution < -0.4 is 15.0 Å². The Morgan fingerprint density at radius 2 is 1.90 bits per heavy atom. The number of pyridine rings is 1. The van der Waals surface area contributed by atoms with Crippen LogP contribution in [0.25, 0.3) is 0 Å². The number of benzene rings is 1. The molecule has 0 spiro atoms. The molecule has 170 valence electrons. The lowest BCUT2D eigenvalue weighted by atomic mass is 9.94. The molecular formula is C25H36ClN3O2. The summed E-state index contributed by atoms with van der Waals surface area (Å²) in [5.41, 5.74) is 3.73. The lowest BCUT2D eigenvalue weighted by molar-refractivity contribution is 0.104. The minimum absolute atomic E-state index is 0. The summed E-state index contributed by atoms with van der Waals surface area (Å²) in [5, 5.41) is 3.48. The first-order chi connectivity index (χ1) is 14.8. The summed E-state index contributed by atoms with van der Waals surface area (Å²) >= 11 is 0. The molecule has 0 aliphatic carbocycles. The van der Waals surface area contributed by atoms with E-state index in [1.54, 1.807) is 0 Å². The highest BCUT2D eigenvalue weighted by Crippen LogP contribution is 2.27. The zero-order valence-corrected chi connectivity index (χ0v) is 19.4. The van der Waals surface area contributed by atoms with Crippen LogP contribution in [0, 0.1) is 12.8 Å². The Balaban J connectivity index is 0.00000272. The van der Waals surface area contributed by atoms with Gasteiger partial charge < -0.3 is 19.7 Å². The summed E-state index contributed by atoms with van der Waals surface area (Å²) in [6.07, 6.45) is 9.82. The molecule has 2 aliphatic heterocycles. The molecule has 2 saturated heterocycles. The first-order valence-corrected chi connectivity index (χ1v) is 11.5. The maximum absolute atomic E-state index is 5.98. The van der Waals surface area contributed by atoms with E-state index in [4.69, 9.17) is 9.47 Å². The molecule has 0 amide bonds. The fraction of sp³-hybridized carbons (Fsp3) is 0.560. The van der Waals surface area contributed by atoms with E-state index in [2.05, 4.69) is 52.5 Å². The minimum Gasteiger partial charge on any atom is -0.490 e. The van der Waals surface area contributed by atoms with Gasteiger partial charge in [-0.25, -0.2) is 0 Å². The topological polar surface area (TPSA) is 46.6 Å². The summed E-state index contributed by atoms with van der Waals surface area (Å²) in [5.74, 6) is 1.63. The number of rotatable bonds is 9. The monoisotopic (exact) mass is 445 g/mol. The molecule has 5 nitrogen and oxygen atoms in total. The molecule has 6 heteroatoms. The van der Waals surface area contributed by atoms with Crippen LogP contribution in [-0.2, 0) is 11.3 Å². The van der Waals surface area contributed by atoms with Crippen molar-refractivity contribution in [3.63, 3.8) is 0 Å². The van der Waals surface area contributed by atoms with Gasteiger partial charge in [-0.2, -0.15) is 0 Å². The molecule has 0 unspecified atom stereocenters. The normalized spacial score (nSPS) is 19.3. The fourth-order valence-corrected chi connectivity index (χ4v) is 4.36. The minimum atomic E-state index is 0. The van der Waals surface area contributed by atoms with Gasteiger partial charge in [-0.05, 0) is 57.1 Å². The predicted molar refractivity (Wildman–Crippen MR) is 128 cm³/mol. The van der Waals surface area contributed by atoms with Gasteiger partial charge in [0.2, 0.25) is 0 Å². The van der Waals surface area contributed by atoms with Crippen molar-refractivity contribution in [2.24, 2.45) is 5.92 Å². The van der Waals surface area contributed by atoms with E-state index in [9.17, 15) is 0 Å². The van der Waals surface area contributed by atoms with Gasteiger partial charge in [-0.1, -0.05) is 29.8 Å². The molecule has 4 rings (SSSR count). The Hall–Kier alpha value is -1.82. The van der Waals surface area contributed by atoms with Gasteiger partial charge in [-0.15, -0.1) is 12.4 Å². The zero-order valence-electron chi connectivity index (χ0n) is 18.6. The molecule has 31 heavy (non-hydrogen) atoms. The molecule has 1 aromatic heterocycles. The van der Waals surface area contributed by atoms with Crippen LogP contribution in [-0.4, -0.2) is 43.9 Å². The van der Waals surface area contributed by atoms with Gasteiger partial charge in [0.05, 0.1) is 24.7 Å². The van der Waals surface area contributed by atoms with Gasteiger partial charge in [0.15, 0.2) is 0 Å². The number of anilines is 1. The molecule has 1 N–H and O–H groups in total. The number of aryl methyl sites for hydroxylation is 1. The predicted octanol–water partition coefficient (Wildman–Crippen LogP) is 4.77. The van der Waals surface area contributed by atoms with E-state index in [1.807, 2.05) is 12.4 Å². The number of aromatic nitrogens is 1. The van der Waals surface area contributed by atoms with E-state index in [0.717, 1.165) is 50.9 Å². The Labute approximate surface area is 192 Å². The van der Waals surface area contributed by atoms with E-state index < -0.39 is 0 Å². The molecule has 3 heterocycles. The average molecular weight is 446 g/mol. The van der Waals surface area contributed by atoms with Gasteiger partial charge in [0, 0.05) is 31.8 Å². The van der Waals surface area contributed by atoms with Crippen molar-refractivity contribution < 1.29 is 9.47 Å². The van der Waals surface area contributed by atoms with E-state index in [-0.39, 0.29) is 12.4 Å². The number of piperidine rings is 1. The maximum atomic E-state index is 5.98. The van der Waals surface area contributed by atoms with Crippen LogP contribution in [0.15, 0.2) is 42.7 Å². The van der Waals surface area contributed by atoms with E-state index in [0.29, 0.717) is 12.6 Å². The molecule has 1 aromatic carbocycles. The third-order valence-electron chi connectivity index (χ3n) is 6.35. The lowest BCUT2D eigenvalue weighted by Gasteiger charge is -2.33. The summed E-state index contributed by atoms with van der Waals surface area (Å²) < 4.78 is 11.9. The van der Waals surface area contributed by atoms with Gasteiger partial charge >= 0.3 is 0 Å². The second-order valence-electron chi connectivity index (χ2n) is 8.74. The summed E-state index contributed by atoms with van der Waals surface area (Å²) in [6, 6.07) is 11.2. The number of hydrogen-bond donors (Lipinski definition) is 1. The summed E-state index contributed by atoms with van der Waals surface area (Å²) in [4.78, 5) is 6.85. The molecule has 0 radical (unpaired) electrons. The molecular weight excluding hydrogens is 410 g/mol. The Morgan fingerprint density at radius 1 is 1.10 bits per heavy atom. The van der Waals surface area contributed by atoms with Crippen LogP contribution in [0.4, 0.5) is 5.69 Å². The van der Waals surface area contributed by atoms with Gasteiger partial charge in [0.25, 0.3) is 0 Å². The Bertz CT molecular complexity index is 773.